The van der Waals surface area contributed by atoms with E-state index in [1.807, 2.05) is 32.0 Å². The number of benzene rings is 2. The quantitative estimate of drug-likeness (QED) is 0.665. The summed E-state index contributed by atoms with van der Waals surface area (Å²) in [4.78, 5) is 0. The van der Waals surface area contributed by atoms with Gasteiger partial charge in [0.2, 0.25) is 0 Å². The lowest BCUT2D eigenvalue weighted by Crippen LogP contribution is -2.29. The maximum atomic E-state index is 13.4. The Morgan fingerprint density at radius 2 is 1.95 bits per heavy atom. The molecule has 1 atom stereocenters. The van der Waals surface area contributed by atoms with Crippen LogP contribution in [0, 0.1) is 19.7 Å². The van der Waals surface area contributed by atoms with Crippen LogP contribution in [-0.4, -0.2) is 7.11 Å². The van der Waals surface area contributed by atoms with Gasteiger partial charge in [-0.2, -0.15) is 0 Å². The molecule has 3 nitrogen and oxygen atoms in total. The van der Waals surface area contributed by atoms with Gasteiger partial charge in [-0.1, -0.05) is 24.3 Å². The Morgan fingerprint density at radius 3 is 2.55 bits per heavy atom. The summed E-state index contributed by atoms with van der Waals surface area (Å²) in [5.74, 6) is 6.16. The van der Waals surface area contributed by atoms with Crippen molar-refractivity contribution in [2.24, 2.45) is 5.84 Å². The summed E-state index contributed by atoms with van der Waals surface area (Å²) in [5.41, 5.74) is 6.58. The van der Waals surface area contributed by atoms with E-state index in [2.05, 4.69) is 5.43 Å². The zero-order valence-electron chi connectivity index (χ0n) is 11.9. The molecule has 0 saturated heterocycles. The molecule has 0 amide bonds. The first-order valence-corrected chi connectivity index (χ1v) is 6.44. The number of hydrogen-bond acceptors (Lipinski definition) is 3. The van der Waals surface area contributed by atoms with Crippen molar-refractivity contribution >= 4 is 0 Å². The molecule has 0 heterocycles. The molecular formula is C16H19FN2O. The lowest BCUT2D eigenvalue weighted by Gasteiger charge is -2.21. The summed E-state index contributed by atoms with van der Waals surface area (Å²) in [7, 11) is 1.63. The lowest BCUT2D eigenvalue weighted by atomic mass is 9.94. The van der Waals surface area contributed by atoms with Gasteiger partial charge in [-0.3, -0.25) is 5.84 Å². The van der Waals surface area contributed by atoms with Crippen LogP contribution in [0.25, 0.3) is 0 Å². The van der Waals surface area contributed by atoms with Crippen LogP contribution >= 0.6 is 0 Å². The summed E-state index contributed by atoms with van der Waals surface area (Å²) >= 11 is 0. The Labute approximate surface area is 118 Å². The normalized spacial score (nSPS) is 12.2. The van der Waals surface area contributed by atoms with Gasteiger partial charge < -0.3 is 4.74 Å². The molecule has 2 aromatic carbocycles. The van der Waals surface area contributed by atoms with E-state index in [0.29, 0.717) is 0 Å². The van der Waals surface area contributed by atoms with Gasteiger partial charge in [0.25, 0.3) is 0 Å². The van der Waals surface area contributed by atoms with Crippen LogP contribution in [0.15, 0.2) is 36.4 Å². The molecule has 0 aliphatic carbocycles. The third-order valence-electron chi connectivity index (χ3n) is 3.57. The topological polar surface area (TPSA) is 47.3 Å². The van der Waals surface area contributed by atoms with E-state index in [1.54, 1.807) is 13.2 Å². The average molecular weight is 274 g/mol. The number of nitrogens with one attached hydrogen (secondary N) is 1. The van der Waals surface area contributed by atoms with E-state index in [0.717, 1.165) is 28.0 Å². The highest BCUT2D eigenvalue weighted by molar-refractivity contribution is 5.49. The fraction of sp³-hybridized carbons (Fsp3) is 0.250. The van der Waals surface area contributed by atoms with Crippen molar-refractivity contribution in [3.05, 3.63) is 64.5 Å². The van der Waals surface area contributed by atoms with Crippen LogP contribution in [0.2, 0.25) is 0 Å². The first kappa shape index (κ1) is 14.5. The van der Waals surface area contributed by atoms with Crippen LogP contribution < -0.4 is 16.0 Å². The van der Waals surface area contributed by atoms with Gasteiger partial charge in [0.05, 0.1) is 13.2 Å². The highest BCUT2D eigenvalue weighted by Crippen LogP contribution is 2.33. The van der Waals surface area contributed by atoms with E-state index in [1.165, 1.54) is 12.1 Å². The Kier molecular flexibility index (Phi) is 4.37. The molecular weight excluding hydrogens is 255 g/mol. The van der Waals surface area contributed by atoms with Crippen molar-refractivity contribution in [2.75, 3.05) is 7.11 Å². The van der Waals surface area contributed by atoms with Gasteiger partial charge in [0.15, 0.2) is 0 Å². The van der Waals surface area contributed by atoms with Gasteiger partial charge in [0, 0.05) is 5.56 Å². The fourth-order valence-corrected chi connectivity index (χ4v) is 2.36. The minimum Gasteiger partial charge on any atom is -0.496 e. The number of hydrazine groups is 1. The zero-order chi connectivity index (χ0) is 14.7. The van der Waals surface area contributed by atoms with Crippen molar-refractivity contribution < 1.29 is 9.13 Å². The molecule has 0 aliphatic rings. The van der Waals surface area contributed by atoms with Crippen molar-refractivity contribution in [1.29, 1.82) is 0 Å². The average Bonchev–Trinajstić information content (AvgIpc) is 2.44. The van der Waals surface area contributed by atoms with E-state index in [4.69, 9.17) is 10.6 Å². The van der Waals surface area contributed by atoms with Gasteiger partial charge in [-0.05, 0) is 42.7 Å². The summed E-state index contributed by atoms with van der Waals surface area (Å²) in [6.45, 7) is 4.02. The van der Waals surface area contributed by atoms with E-state index in [9.17, 15) is 4.39 Å². The summed E-state index contributed by atoms with van der Waals surface area (Å²) in [6.07, 6.45) is 0. The van der Waals surface area contributed by atoms with Crippen molar-refractivity contribution in [1.82, 2.24) is 5.43 Å². The molecule has 20 heavy (non-hydrogen) atoms. The lowest BCUT2D eigenvalue weighted by molar-refractivity contribution is 0.400. The third-order valence-corrected chi connectivity index (χ3v) is 3.57. The van der Waals surface area contributed by atoms with E-state index < -0.39 is 0 Å². The molecule has 0 bridgehead atoms. The van der Waals surface area contributed by atoms with Crippen molar-refractivity contribution in [3.8, 4) is 5.75 Å². The maximum Gasteiger partial charge on any atom is 0.127 e. The van der Waals surface area contributed by atoms with Crippen LogP contribution in [0.3, 0.4) is 0 Å². The number of methoxy groups -OCH3 is 1. The van der Waals surface area contributed by atoms with E-state index in [-0.39, 0.29) is 11.9 Å². The SMILES string of the molecule is COc1c(C(NN)c2cccc(F)c2)ccc(C)c1C. The summed E-state index contributed by atoms with van der Waals surface area (Å²) in [5, 5.41) is 0. The maximum absolute atomic E-state index is 13.4. The van der Waals surface area contributed by atoms with Crippen molar-refractivity contribution in [3.63, 3.8) is 0 Å². The van der Waals surface area contributed by atoms with Crippen LogP contribution in [0.4, 0.5) is 4.39 Å². The fourth-order valence-electron chi connectivity index (χ4n) is 2.36. The van der Waals surface area contributed by atoms with Crippen LogP contribution in [0.1, 0.15) is 28.3 Å². The molecule has 0 fully saturated rings. The molecule has 0 radical (unpaired) electrons. The molecule has 2 aromatic rings. The van der Waals surface area contributed by atoms with Crippen LogP contribution in [0.5, 0.6) is 5.75 Å². The highest BCUT2D eigenvalue weighted by atomic mass is 19.1. The monoisotopic (exact) mass is 274 g/mol. The molecule has 106 valence electrons. The molecule has 0 spiro atoms. The Balaban J connectivity index is 2.55. The summed E-state index contributed by atoms with van der Waals surface area (Å²) < 4.78 is 18.9. The number of rotatable bonds is 4. The van der Waals surface area contributed by atoms with E-state index >= 15 is 0 Å². The first-order valence-electron chi connectivity index (χ1n) is 6.44. The highest BCUT2D eigenvalue weighted by Gasteiger charge is 2.19. The molecule has 4 heteroatoms. The standard InChI is InChI=1S/C16H19FN2O/c1-10-7-8-14(16(20-3)11(10)2)15(19-18)12-5-4-6-13(17)9-12/h4-9,15,19H,18H2,1-3H3. The molecule has 0 aliphatic heterocycles. The number of aryl methyl sites for hydroxylation is 1. The van der Waals surface area contributed by atoms with Gasteiger partial charge in [-0.15, -0.1) is 0 Å². The predicted octanol–water partition coefficient (Wildman–Crippen LogP) is 3.00. The molecule has 3 N–H and O–H groups in total. The molecule has 0 saturated carbocycles. The number of ether oxygens (including phenoxy) is 1. The number of nitrogens with two attached hydrogens (primary N) is 1. The molecule has 1 unspecified atom stereocenters. The second-order valence-electron chi connectivity index (χ2n) is 4.78. The molecule has 0 aromatic heterocycles. The Hall–Kier alpha value is -1.91. The largest absolute Gasteiger partial charge is 0.496 e. The molecule has 2 rings (SSSR count). The zero-order valence-corrected chi connectivity index (χ0v) is 11.9. The Morgan fingerprint density at radius 1 is 1.20 bits per heavy atom. The second kappa shape index (κ2) is 6.03. The van der Waals surface area contributed by atoms with Crippen molar-refractivity contribution in [2.45, 2.75) is 19.9 Å². The predicted molar refractivity (Wildman–Crippen MR) is 78.0 cm³/mol. The van der Waals surface area contributed by atoms with Crippen LogP contribution in [-0.2, 0) is 0 Å². The second-order valence-corrected chi connectivity index (χ2v) is 4.78. The smallest absolute Gasteiger partial charge is 0.127 e. The summed E-state index contributed by atoms with van der Waals surface area (Å²) in [6, 6.07) is 10.0. The minimum absolute atomic E-state index is 0.287. The van der Waals surface area contributed by atoms with Gasteiger partial charge in [0.1, 0.15) is 11.6 Å². The Bertz CT molecular complexity index is 613. The number of halogens is 1. The first-order chi connectivity index (χ1) is 9.58. The number of hydrogen-bond donors (Lipinski definition) is 2. The minimum atomic E-state index is -0.319. The van der Waals surface area contributed by atoms with Gasteiger partial charge >= 0.3 is 0 Å². The van der Waals surface area contributed by atoms with Gasteiger partial charge in [-0.25, -0.2) is 9.82 Å². The third kappa shape index (κ3) is 2.66.